The summed E-state index contributed by atoms with van der Waals surface area (Å²) < 4.78 is 0. The highest BCUT2D eigenvalue weighted by molar-refractivity contribution is 5.91. The quantitative estimate of drug-likeness (QED) is 0.650. The van der Waals surface area contributed by atoms with Crippen LogP contribution in [0, 0.1) is 5.92 Å². The van der Waals surface area contributed by atoms with Crippen LogP contribution in [0.25, 0.3) is 0 Å². The highest BCUT2D eigenvalue weighted by atomic mass is 16.1. The number of hydrogen-bond donors (Lipinski definition) is 2. The Kier molecular flexibility index (Phi) is 8.60. The van der Waals surface area contributed by atoms with Crippen LogP contribution in [0.3, 0.4) is 0 Å². The maximum absolute atomic E-state index is 11.9. The van der Waals surface area contributed by atoms with E-state index in [1.54, 1.807) is 0 Å². The van der Waals surface area contributed by atoms with E-state index in [0.717, 1.165) is 38.3 Å². The molecule has 0 saturated carbocycles. The molecule has 1 rings (SSSR count). The van der Waals surface area contributed by atoms with Crippen molar-refractivity contribution >= 4 is 17.3 Å². The summed E-state index contributed by atoms with van der Waals surface area (Å²) in [6, 6.07) is 8.06. The smallest absolute Gasteiger partial charge is 0.225 e. The highest BCUT2D eigenvalue weighted by Gasteiger charge is 2.04. The number of nitrogens with one attached hydrogen (secondary N) is 2. The summed E-state index contributed by atoms with van der Waals surface area (Å²) in [5.41, 5.74) is 2.06. The number of carbonyl (C=O) groups excluding carboxylic acids is 1. The van der Waals surface area contributed by atoms with Gasteiger partial charge in [0.15, 0.2) is 0 Å². The van der Waals surface area contributed by atoms with Gasteiger partial charge >= 0.3 is 0 Å². The minimum Gasteiger partial charge on any atom is -0.372 e. The molecule has 0 saturated heterocycles. The van der Waals surface area contributed by atoms with Gasteiger partial charge in [-0.05, 0) is 57.0 Å². The number of hydrogen-bond acceptors (Lipinski definition) is 3. The van der Waals surface area contributed by atoms with Gasteiger partial charge in [-0.25, -0.2) is 0 Å². The Bertz CT molecular complexity index is 424. The Balaban J connectivity index is 2.32. The van der Waals surface area contributed by atoms with E-state index in [1.165, 1.54) is 5.69 Å². The molecule has 1 aromatic carbocycles. The fourth-order valence-electron chi connectivity index (χ4n) is 2.29. The van der Waals surface area contributed by atoms with Crippen molar-refractivity contribution in [2.24, 2.45) is 5.92 Å². The molecule has 0 heterocycles. The lowest BCUT2D eigenvalue weighted by Gasteiger charge is -2.21. The standard InChI is InChI=1S/C18H31N3O/c1-5-21(6-2)17-9-7-16(8-10-17)20-18(22)12-14-19-13-11-15(3)4/h7-10,15,19H,5-6,11-14H2,1-4H3,(H,20,22). The summed E-state index contributed by atoms with van der Waals surface area (Å²) in [4.78, 5) is 14.2. The number of nitrogens with zero attached hydrogens (tertiary/aromatic N) is 1. The zero-order valence-electron chi connectivity index (χ0n) is 14.5. The van der Waals surface area contributed by atoms with Gasteiger partial charge in [0.2, 0.25) is 5.91 Å². The van der Waals surface area contributed by atoms with Crippen molar-refractivity contribution in [3.8, 4) is 0 Å². The minimum atomic E-state index is 0.0626. The average molecular weight is 305 g/mol. The van der Waals surface area contributed by atoms with Gasteiger partial charge < -0.3 is 15.5 Å². The first-order valence-electron chi connectivity index (χ1n) is 8.42. The van der Waals surface area contributed by atoms with E-state index in [-0.39, 0.29) is 5.91 Å². The maximum atomic E-state index is 11.9. The van der Waals surface area contributed by atoms with E-state index in [4.69, 9.17) is 0 Å². The van der Waals surface area contributed by atoms with Gasteiger partial charge in [0.05, 0.1) is 0 Å². The van der Waals surface area contributed by atoms with Crippen molar-refractivity contribution in [3.63, 3.8) is 0 Å². The van der Waals surface area contributed by atoms with Crippen molar-refractivity contribution < 1.29 is 4.79 Å². The van der Waals surface area contributed by atoms with E-state index >= 15 is 0 Å². The molecule has 0 spiro atoms. The lowest BCUT2D eigenvalue weighted by atomic mass is 10.1. The van der Waals surface area contributed by atoms with Crippen LogP contribution >= 0.6 is 0 Å². The first-order valence-corrected chi connectivity index (χ1v) is 8.42. The third-order valence-electron chi connectivity index (χ3n) is 3.71. The van der Waals surface area contributed by atoms with Crippen LogP contribution in [0.2, 0.25) is 0 Å². The average Bonchev–Trinajstić information content (AvgIpc) is 2.49. The molecule has 2 N–H and O–H groups in total. The molecule has 0 unspecified atom stereocenters. The fourth-order valence-corrected chi connectivity index (χ4v) is 2.29. The molecule has 124 valence electrons. The molecule has 0 aromatic heterocycles. The molecule has 1 amide bonds. The summed E-state index contributed by atoms with van der Waals surface area (Å²) >= 11 is 0. The fraction of sp³-hybridized carbons (Fsp3) is 0.611. The lowest BCUT2D eigenvalue weighted by Crippen LogP contribution is -2.23. The second-order valence-corrected chi connectivity index (χ2v) is 5.95. The monoisotopic (exact) mass is 305 g/mol. The van der Waals surface area contributed by atoms with Crippen LogP contribution in [-0.4, -0.2) is 32.1 Å². The predicted octanol–water partition coefficient (Wildman–Crippen LogP) is 3.50. The summed E-state index contributed by atoms with van der Waals surface area (Å²) in [6.07, 6.45) is 1.66. The molecule has 4 nitrogen and oxygen atoms in total. The zero-order chi connectivity index (χ0) is 16.4. The van der Waals surface area contributed by atoms with E-state index < -0.39 is 0 Å². The van der Waals surface area contributed by atoms with Gasteiger partial charge in [0.1, 0.15) is 0 Å². The van der Waals surface area contributed by atoms with Crippen LogP contribution in [0.4, 0.5) is 11.4 Å². The van der Waals surface area contributed by atoms with Crippen LogP contribution in [0.5, 0.6) is 0 Å². The Labute approximate surface area is 135 Å². The first kappa shape index (κ1) is 18.5. The molecule has 0 aliphatic rings. The molecular formula is C18H31N3O. The molecule has 0 aliphatic heterocycles. The van der Waals surface area contributed by atoms with Gasteiger partial charge in [-0.1, -0.05) is 13.8 Å². The zero-order valence-corrected chi connectivity index (χ0v) is 14.5. The largest absolute Gasteiger partial charge is 0.372 e. The van der Waals surface area contributed by atoms with Gasteiger partial charge in [0.25, 0.3) is 0 Å². The molecule has 0 atom stereocenters. The van der Waals surface area contributed by atoms with Crippen molar-refractivity contribution in [2.75, 3.05) is 36.4 Å². The molecule has 0 fully saturated rings. The Morgan fingerprint density at radius 3 is 2.27 bits per heavy atom. The normalized spacial score (nSPS) is 10.8. The van der Waals surface area contributed by atoms with Crippen molar-refractivity contribution in [1.82, 2.24) is 5.32 Å². The van der Waals surface area contributed by atoms with Crippen molar-refractivity contribution in [1.29, 1.82) is 0 Å². The Morgan fingerprint density at radius 2 is 1.73 bits per heavy atom. The summed E-state index contributed by atoms with van der Waals surface area (Å²) in [6.45, 7) is 12.4. The van der Waals surface area contributed by atoms with Crippen LogP contribution in [-0.2, 0) is 4.79 Å². The first-order chi connectivity index (χ1) is 10.6. The third kappa shape index (κ3) is 6.94. The van der Waals surface area contributed by atoms with E-state index in [0.29, 0.717) is 12.3 Å². The molecule has 0 bridgehead atoms. The van der Waals surface area contributed by atoms with Crippen molar-refractivity contribution in [3.05, 3.63) is 24.3 Å². The molecule has 22 heavy (non-hydrogen) atoms. The van der Waals surface area contributed by atoms with Crippen LogP contribution in [0.1, 0.15) is 40.5 Å². The summed E-state index contributed by atoms with van der Waals surface area (Å²) in [5, 5.41) is 6.25. The number of benzene rings is 1. The molecule has 0 radical (unpaired) electrons. The molecule has 0 aliphatic carbocycles. The SMILES string of the molecule is CCN(CC)c1ccc(NC(=O)CCNCCC(C)C)cc1. The van der Waals surface area contributed by atoms with Crippen molar-refractivity contribution in [2.45, 2.75) is 40.5 Å². The number of amides is 1. The van der Waals surface area contributed by atoms with Gasteiger partial charge in [-0.15, -0.1) is 0 Å². The van der Waals surface area contributed by atoms with Crippen LogP contribution in [0.15, 0.2) is 24.3 Å². The summed E-state index contributed by atoms with van der Waals surface area (Å²) in [7, 11) is 0. The number of rotatable bonds is 10. The predicted molar refractivity (Wildman–Crippen MR) is 95.6 cm³/mol. The van der Waals surface area contributed by atoms with E-state index in [2.05, 4.69) is 55.4 Å². The Morgan fingerprint density at radius 1 is 1.09 bits per heavy atom. The summed E-state index contributed by atoms with van der Waals surface area (Å²) in [5.74, 6) is 0.762. The number of anilines is 2. The minimum absolute atomic E-state index is 0.0626. The second-order valence-electron chi connectivity index (χ2n) is 5.95. The lowest BCUT2D eigenvalue weighted by molar-refractivity contribution is -0.116. The van der Waals surface area contributed by atoms with E-state index in [1.807, 2.05) is 12.1 Å². The number of carbonyl (C=O) groups is 1. The van der Waals surface area contributed by atoms with Crippen LogP contribution < -0.4 is 15.5 Å². The second kappa shape index (κ2) is 10.2. The van der Waals surface area contributed by atoms with Gasteiger partial charge in [0, 0.05) is 37.4 Å². The third-order valence-corrected chi connectivity index (χ3v) is 3.71. The Hall–Kier alpha value is -1.55. The molecule has 1 aromatic rings. The topological polar surface area (TPSA) is 44.4 Å². The van der Waals surface area contributed by atoms with E-state index in [9.17, 15) is 4.79 Å². The highest BCUT2D eigenvalue weighted by Crippen LogP contribution is 2.17. The molecular weight excluding hydrogens is 274 g/mol. The van der Waals surface area contributed by atoms with Gasteiger partial charge in [-0.3, -0.25) is 4.79 Å². The van der Waals surface area contributed by atoms with Gasteiger partial charge in [-0.2, -0.15) is 0 Å². The maximum Gasteiger partial charge on any atom is 0.225 e. The molecule has 4 heteroatoms.